The molecule has 0 aromatic heterocycles. The quantitative estimate of drug-likeness (QED) is 0.356. The molecule has 10 heteroatoms. The Morgan fingerprint density at radius 1 is 0.868 bits per heavy atom. The van der Waals surface area contributed by atoms with Crippen LogP contribution in [-0.4, -0.2) is 55.1 Å². The normalized spacial score (nSPS) is 12.4. The van der Waals surface area contributed by atoms with Crippen LogP contribution in [0.5, 0.6) is 0 Å². The van der Waals surface area contributed by atoms with E-state index in [-0.39, 0.29) is 29.8 Å². The van der Waals surface area contributed by atoms with Gasteiger partial charge in [0.1, 0.15) is 6.04 Å². The van der Waals surface area contributed by atoms with E-state index < -0.39 is 28.5 Å². The smallest absolute Gasteiger partial charge is 0.243 e. The summed E-state index contributed by atoms with van der Waals surface area (Å²) >= 11 is 12.1. The van der Waals surface area contributed by atoms with E-state index in [0.29, 0.717) is 15.6 Å². The van der Waals surface area contributed by atoms with Crippen molar-refractivity contribution in [2.75, 3.05) is 13.6 Å². The minimum atomic E-state index is -3.98. The van der Waals surface area contributed by atoms with Gasteiger partial charge < -0.3 is 10.2 Å². The largest absolute Gasteiger partial charge is 0.352 e. The number of amides is 2. The molecule has 3 aromatic rings. The van der Waals surface area contributed by atoms with Gasteiger partial charge in [-0.2, -0.15) is 4.31 Å². The van der Waals surface area contributed by atoms with Gasteiger partial charge in [-0.15, -0.1) is 0 Å². The van der Waals surface area contributed by atoms with Crippen molar-refractivity contribution in [3.8, 4) is 0 Å². The number of sulfonamides is 1. The Balaban J connectivity index is 1.97. The first kappa shape index (κ1) is 29.6. The van der Waals surface area contributed by atoms with E-state index in [1.165, 1.54) is 36.2 Å². The van der Waals surface area contributed by atoms with Crippen LogP contribution in [0.15, 0.2) is 83.8 Å². The van der Waals surface area contributed by atoms with Crippen molar-refractivity contribution >= 4 is 45.0 Å². The molecule has 0 fully saturated rings. The summed E-state index contributed by atoms with van der Waals surface area (Å²) in [6, 6.07) is 21.0. The van der Waals surface area contributed by atoms with E-state index in [2.05, 4.69) is 5.32 Å². The van der Waals surface area contributed by atoms with Crippen LogP contribution >= 0.6 is 23.2 Å². The van der Waals surface area contributed by atoms with Gasteiger partial charge in [0.25, 0.3) is 0 Å². The summed E-state index contributed by atoms with van der Waals surface area (Å²) < 4.78 is 27.3. The lowest BCUT2D eigenvalue weighted by Gasteiger charge is -2.33. The van der Waals surface area contributed by atoms with Gasteiger partial charge in [0.15, 0.2) is 0 Å². The van der Waals surface area contributed by atoms with E-state index in [1.54, 1.807) is 24.3 Å². The van der Waals surface area contributed by atoms with E-state index in [9.17, 15) is 18.0 Å². The van der Waals surface area contributed by atoms with Crippen molar-refractivity contribution in [2.24, 2.45) is 0 Å². The molecule has 0 aliphatic carbocycles. The number of carbonyl (C=O) groups is 2. The van der Waals surface area contributed by atoms with Crippen LogP contribution in [-0.2, 0) is 32.6 Å². The number of hydrogen-bond acceptors (Lipinski definition) is 4. The minimum Gasteiger partial charge on any atom is -0.352 e. The van der Waals surface area contributed by atoms with Gasteiger partial charge in [-0.25, -0.2) is 8.42 Å². The maximum atomic E-state index is 13.8. The Labute approximate surface area is 234 Å². The van der Waals surface area contributed by atoms with Gasteiger partial charge in [0.05, 0.1) is 11.4 Å². The standard InChI is InChI=1S/C28H31Cl2N3O4S/c1-20(2)31-28(35)26(17-21-8-5-4-6-9-21)33(18-22-10-7-11-24(30)16-22)27(34)19-32(3)38(36,37)25-14-12-23(29)13-15-25/h4-16,20,26H,17-19H2,1-3H3,(H,31,35)/t26-/m0/s1. The van der Waals surface area contributed by atoms with Gasteiger partial charge in [0, 0.05) is 36.1 Å². The highest BCUT2D eigenvalue weighted by Gasteiger charge is 2.33. The predicted octanol–water partition coefficient (Wildman–Crippen LogP) is 4.78. The van der Waals surface area contributed by atoms with Crippen molar-refractivity contribution < 1.29 is 18.0 Å². The average molecular weight is 577 g/mol. The molecule has 0 saturated heterocycles. The molecule has 0 bridgehead atoms. The monoisotopic (exact) mass is 575 g/mol. The van der Waals surface area contributed by atoms with E-state index >= 15 is 0 Å². The number of nitrogens with zero attached hydrogens (tertiary/aromatic N) is 2. The molecule has 2 amide bonds. The van der Waals surface area contributed by atoms with Gasteiger partial charge in [-0.3, -0.25) is 9.59 Å². The Morgan fingerprint density at radius 3 is 2.11 bits per heavy atom. The summed E-state index contributed by atoms with van der Waals surface area (Å²) in [7, 11) is -2.65. The number of benzene rings is 3. The lowest BCUT2D eigenvalue weighted by Crippen LogP contribution is -2.53. The third-order valence-electron chi connectivity index (χ3n) is 5.82. The Kier molecular flexibility index (Phi) is 10.3. The molecule has 3 rings (SSSR count). The van der Waals surface area contributed by atoms with Crippen molar-refractivity contribution in [3.05, 3.63) is 100 Å². The summed E-state index contributed by atoms with van der Waals surface area (Å²) in [5.74, 6) is -0.854. The van der Waals surface area contributed by atoms with Crippen molar-refractivity contribution in [1.82, 2.24) is 14.5 Å². The van der Waals surface area contributed by atoms with E-state index in [0.717, 1.165) is 9.87 Å². The molecule has 7 nitrogen and oxygen atoms in total. The molecule has 3 aromatic carbocycles. The molecule has 0 aliphatic heterocycles. The summed E-state index contributed by atoms with van der Waals surface area (Å²) in [5, 5.41) is 3.79. The lowest BCUT2D eigenvalue weighted by atomic mass is 10.0. The Hall–Kier alpha value is -2.91. The molecule has 0 saturated carbocycles. The first-order valence-corrected chi connectivity index (χ1v) is 14.3. The second-order valence-electron chi connectivity index (χ2n) is 9.24. The first-order valence-electron chi connectivity index (χ1n) is 12.1. The van der Waals surface area contributed by atoms with Gasteiger partial charge >= 0.3 is 0 Å². The molecule has 0 spiro atoms. The Bertz CT molecular complexity index is 1350. The number of rotatable bonds is 11. The topological polar surface area (TPSA) is 86.8 Å². The predicted molar refractivity (Wildman–Crippen MR) is 150 cm³/mol. The molecule has 1 N–H and O–H groups in total. The maximum absolute atomic E-state index is 13.8. The number of hydrogen-bond donors (Lipinski definition) is 1. The summed E-state index contributed by atoms with van der Waals surface area (Å²) in [5.41, 5.74) is 1.58. The molecule has 0 unspecified atom stereocenters. The third kappa shape index (κ3) is 8.04. The highest BCUT2D eigenvalue weighted by atomic mass is 35.5. The second-order valence-corrected chi connectivity index (χ2v) is 12.2. The van der Waals surface area contributed by atoms with Crippen LogP contribution in [0.2, 0.25) is 10.0 Å². The van der Waals surface area contributed by atoms with E-state index in [4.69, 9.17) is 23.2 Å². The Morgan fingerprint density at radius 2 is 1.50 bits per heavy atom. The molecule has 0 radical (unpaired) electrons. The van der Waals surface area contributed by atoms with Crippen LogP contribution in [0.3, 0.4) is 0 Å². The van der Waals surface area contributed by atoms with Gasteiger partial charge in [0.2, 0.25) is 21.8 Å². The summed E-state index contributed by atoms with van der Waals surface area (Å²) in [6.45, 7) is 3.28. The molecule has 0 heterocycles. The zero-order valence-electron chi connectivity index (χ0n) is 21.5. The van der Waals surface area contributed by atoms with Crippen molar-refractivity contribution in [1.29, 1.82) is 0 Å². The summed E-state index contributed by atoms with van der Waals surface area (Å²) in [4.78, 5) is 28.6. The average Bonchev–Trinajstić information content (AvgIpc) is 2.86. The fourth-order valence-electron chi connectivity index (χ4n) is 3.92. The SMILES string of the molecule is CC(C)NC(=O)[C@H](Cc1ccccc1)N(Cc1cccc(Cl)c1)C(=O)CN(C)S(=O)(=O)c1ccc(Cl)cc1. The number of halogens is 2. The minimum absolute atomic E-state index is 0.0111. The first-order chi connectivity index (χ1) is 18.0. The van der Waals surface area contributed by atoms with Gasteiger partial charge in [-0.05, 0) is 61.4 Å². The highest BCUT2D eigenvalue weighted by Crippen LogP contribution is 2.20. The highest BCUT2D eigenvalue weighted by molar-refractivity contribution is 7.89. The fourth-order valence-corrected chi connectivity index (χ4v) is 5.38. The van der Waals surface area contributed by atoms with Crippen molar-refractivity contribution in [3.63, 3.8) is 0 Å². The fraction of sp³-hybridized carbons (Fsp3) is 0.286. The second kappa shape index (κ2) is 13.2. The van der Waals surface area contributed by atoms with Crippen LogP contribution in [0.25, 0.3) is 0 Å². The molecule has 1 atom stereocenters. The van der Waals surface area contributed by atoms with Crippen LogP contribution in [0.4, 0.5) is 0 Å². The van der Waals surface area contributed by atoms with Crippen LogP contribution in [0, 0.1) is 0 Å². The number of nitrogens with one attached hydrogen (secondary N) is 1. The molecule has 0 aliphatic rings. The third-order valence-corrected chi connectivity index (χ3v) is 8.13. The molecule has 202 valence electrons. The van der Waals surface area contributed by atoms with Crippen molar-refractivity contribution in [2.45, 2.75) is 43.8 Å². The summed E-state index contributed by atoms with van der Waals surface area (Å²) in [6.07, 6.45) is 0.249. The zero-order chi connectivity index (χ0) is 27.9. The molecular weight excluding hydrogens is 545 g/mol. The molecular formula is C28H31Cl2N3O4S. The lowest BCUT2D eigenvalue weighted by molar-refractivity contribution is -0.141. The number of likely N-dealkylation sites (N-methyl/N-ethyl adjacent to an activating group) is 1. The maximum Gasteiger partial charge on any atom is 0.243 e. The van der Waals surface area contributed by atoms with Crippen LogP contribution in [0.1, 0.15) is 25.0 Å². The zero-order valence-corrected chi connectivity index (χ0v) is 23.8. The van der Waals surface area contributed by atoms with Crippen LogP contribution < -0.4 is 5.32 Å². The van der Waals surface area contributed by atoms with Gasteiger partial charge in [-0.1, -0.05) is 65.7 Å². The number of carbonyl (C=O) groups excluding carboxylic acids is 2. The molecule has 38 heavy (non-hydrogen) atoms. The van der Waals surface area contributed by atoms with E-state index in [1.807, 2.05) is 44.2 Å².